The number of aromatic nitrogens is 2. The molecule has 3 aromatic carbocycles. The van der Waals surface area contributed by atoms with E-state index in [0.717, 1.165) is 58.3 Å². The summed E-state index contributed by atoms with van der Waals surface area (Å²) in [6.07, 6.45) is 6.77. The number of fused-ring (bicyclic) bond motifs is 4. The van der Waals surface area contributed by atoms with Gasteiger partial charge in [0, 0.05) is 50.1 Å². The molecule has 2 aliphatic rings. The minimum absolute atomic E-state index is 0.0326. The number of hydrogen-bond acceptors (Lipinski definition) is 9. The average molecular weight is 654 g/mol. The second-order valence-electron chi connectivity index (χ2n) is 12.9. The molecule has 0 saturated carbocycles. The molecule has 1 atom stereocenters. The van der Waals surface area contributed by atoms with Crippen LogP contribution in [0.5, 0.6) is 0 Å². The molecule has 2 fully saturated rings. The number of benzene rings is 3. The highest BCUT2D eigenvalue weighted by Gasteiger charge is 2.25. The number of anilines is 1. The lowest BCUT2D eigenvalue weighted by Gasteiger charge is -2.20. The van der Waals surface area contributed by atoms with Gasteiger partial charge in [-0.3, -0.25) is 9.59 Å². The van der Waals surface area contributed by atoms with Crippen molar-refractivity contribution in [3.05, 3.63) is 69.1 Å². The number of nitroso groups, excluding NO2 is 1. The van der Waals surface area contributed by atoms with Gasteiger partial charge in [0.05, 0.1) is 21.9 Å². The van der Waals surface area contributed by atoms with E-state index in [0.29, 0.717) is 57.9 Å². The molecule has 248 valence electrons. The fourth-order valence-corrected chi connectivity index (χ4v) is 7.31. The zero-order valence-electron chi connectivity index (χ0n) is 26.6. The van der Waals surface area contributed by atoms with Gasteiger partial charge in [-0.1, -0.05) is 0 Å². The van der Waals surface area contributed by atoms with Crippen LogP contribution in [-0.4, -0.2) is 77.4 Å². The lowest BCUT2D eigenvalue weighted by molar-refractivity contribution is 0.0949. The number of likely N-dealkylation sites (tertiary alicyclic amines) is 2. The van der Waals surface area contributed by atoms with E-state index in [1.807, 2.05) is 0 Å². The number of amides is 1. The van der Waals surface area contributed by atoms with E-state index in [4.69, 9.17) is 8.83 Å². The fourth-order valence-electron chi connectivity index (χ4n) is 7.31. The topological polar surface area (TPSA) is 141 Å². The first-order valence-corrected chi connectivity index (χ1v) is 16.5. The zero-order valence-corrected chi connectivity index (χ0v) is 26.6. The summed E-state index contributed by atoms with van der Waals surface area (Å²) in [6.45, 7) is 4.69. The van der Waals surface area contributed by atoms with Crippen molar-refractivity contribution in [3.8, 4) is 0 Å². The van der Waals surface area contributed by atoms with Crippen molar-refractivity contribution in [3.63, 3.8) is 0 Å². The molecule has 2 saturated heterocycles. The molecule has 3 N–H and O–H groups in total. The first-order chi connectivity index (χ1) is 23.4. The van der Waals surface area contributed by atoms with Crippen LogP contribution in [0.2, 0.25) is 0 Å². The van der Waals surface area contributed by atoms with Crippen molar-refractivity contribution in [1.82, 2.24) is 24.5 Å². The van der Waals surface area contributed by atoms with Crippen molar-refractivity contribution in [1.29, 1.82) is 0 Å². The number of pyridine rings is 1. The second kappa shape index (κ2) is 12.2. The normalized spacial score (nSPS) is 17.4. The van der Waals surface area contributed by atoms with Crippen LogP contribution in [0.1, 0.15) is 42.5 Å². The van der Waals surface area contributed by atoms with Gasteiger partial charge in [0.1, 0.15) is 22.5 Å². The van der Waals surface area contributed by atoms with Gasteiger partial charge in [0.15, 0.2) is 28.1 Å². The number of carbonyl (C=O) groups excluding carboxylic acids is 1. The molecule has 0 spiro atoms. The minimum Gasteiger partial charge on any atom is -0.453 e. The van der Waals surface area contributed by atoms with Crippen LogP contribution < -0.4 is 16.1 Å². The fraction of sp³-hybridized carbons (Fsp3) is 0.371. The van der Waals surface area contributed by atoms with Gasteiger partial charge in [-0.2, -0.15) is 0 Å². The standard InChI is InChI=1S/C35H36FN7O5/c1-41-11-4-5-21(41)8-9-38-35(45)23-19-43-27-18-29-26(39-25-7-6-20(40-46)15-28(25)47-29)17-30(27)48-34-31(37-10-14-42-12-2-3-13-42)24(36)16-22(32(34)43)33(23)44/h6-7,15-19,21,37,39H,2-5,8-14H2,1H3,(H,38,45). The highest BCUT2D eigenvalue weighted by Crippen LogP contribution is 2.35. The number of carbonyl (C=O) groups is 1. The molecular formula is C35H36FN7O5. The molecule has 5 heterocycles. The Bertz CT molecular complexity index is 2310. The number of aromatic amines is 1. The summed E-state index contributed by atoms with van der Waals surface area (Å²) in [5.74, 6) is -1.16. The van der Waals surface area contributed by atoms with Crippen LogP contribution in [0.25, 0.3) is 49.8 Å². The van der Waals surface area contributed by atoms with Gasteiger partial charge < -0.3 is 38.7 Å². The maximum Gasteiger partial charge on any atom is 0.256 e. The summed E-state index contributed by atoms with van der Waals surface area (Å²) in [7, 11) is 2.08. The molecule has 3 aromatic heterocycles. The highest BCUT2D eigenvalue weighted by molar-refractivity contribution is 6.07. The summed E-state index contributed by atoms with van der Waals surface area (Å²) >= 11 is 0. The summed E-state index contributed by atoms with van der Waals surface area (Å²) < 4.78 is 30.3. The van der Waals surface area contributed by atoms with Crippen molar-refractivity contribution >= 4 is 67.1 Å². The van der Waals surface area contributed by atoms with E-state index in [-0.39, 0.29) is 27.9 Å². The quantitative estimate of drug-likeness (QED) is 0.0946. The maximum atomic E-state index is 16.0. The number of H-pyrrole nitrogens is 1. The van der Waals surface area contributed by atoms with Gasteiger partial charge in [-0.15, -0.1) is 4.91 Å². The number of rotatable bonds is 9. The second-order valence-corrected chi connectivity index (χ2v) is 12.9. The molecule has 2 aliphatic heterocycles. The summed E-state index contributed by atoms with van der Waals surface area (Å²) in [4.78, 5) is 46.5. The van der Waals surface area contributed by atoms with Crippen molar-refractivity contribution < 1.29 is 18.0 Å². The third-order valence-electron chi connectivity index (χ3n) is 9.90. The third kappa shape index (κ3) is 5.32. The van der Waals surface area contributed by atoms with Gasteiger partial charge >= 0.3 is 0 Å². The Balaban J connectivity index is 1.28. The van der Waals surface area contributed by atoms with E-state index in [1.54, 1.807) is 28.7 Å². The molecule has 12 nitrogen and oxygen atoms in total. The van der Waals surface area contributed by atoms with Gasteiger partial charge in [-0.05, 0) is 82.2 Å². The van der Waals surface area contributed by atoms with E-state index in [2.05, 4.69) is 37.6 Å². The Morgan fingerprint density at radius 2 is 1.85 bits per heavy atom. The SMILES string of the molecule is CN1CCCC1CCNC(=O)c1cn2c3cc4oc5cc(N=O)ccc5[nH]c4cc3oc3c(NCCN4CCCC4)c(F)cc(c1=O)c32. The average Bonchev–Trinajstić information content (AvgIpc) is 3.76. The monoisotopic (exact) mass is 653 g/mol. The predicted molar refractivity (Wildman–Crippen MR) is 184 cm³/mol. The summed E-state index contributed by atoms with van der Waals surface area (Å²) in [5, 5.41) is 9.19. The number of nitrogens with one attached hydrogen (secondary N) is 3. The van der Waals surface area contributed by atoms with Crippen molar-refractivity contribution in [2.75, 3.05) is 51.6 Å². The Morgan fingerprint density at radius 1 is 1.02 bits per heavy atom. The van der Waals surface area contributed by atoms with Crippen LogP contribution in [0.15, 0.2) is 61.4 Å². The van der Waals surface area contributed by atoms with Crippen LogP contribution in [0, 0.1) is 10.7 Å². The molecule has 48 heavy (non-hydrogen) atoms. The number of halogens is 1. The Hall–Kier alpha value is -5.01. The Labute approximate surface area is 273 Å². The number of nitrogens with zero attached hydrogens (tertiary/aromatic N) is 4. The van der Waals surface area contributed by atoms with E-state index < -0.39 is 17.2 Å². The van der Waals surface area contributed by atoms with Crippen LogP contribution in [0.4, 0.5) is 15.8 Å². The molecule has 6 aromatic rings. The first-order valence-electron chi connectivity index (χ1n) is 16.5. The number of hydrogen-bond donors (Lipinski definition) is 3. The van der Waals surface area contributed by atoms with Crippen LogP contribution in [-0.2, 0) is 0 Å². The molecule has 13 heteroatoms. The molecule has 8 rings (SSSR count). The van der Waals surface area contributed by atoms with Gasteiger partial charge in [0.2, 0.25) is 5.43 Å². The molecule has 1 unspecified atom stereocenters. The Morgan fingerprint density at radius 3 is 2.65 bits per heavy atom. The van der Waals surface area contributed by atoms with E-state index in [1.165, 1.54) is 18.3 Å². The zero-order chi connectivity index (χ0) is 32.9. The smallest absolute Gasteiger partial charge is 0.256 e. The molecule has 0 radical (unpaired) electrons. The maximum absolute atomic E-state index is 16.0. The van der Waals surface area contributed by atoms with Crippen LogP contribution in [0.3, 0.4) is 0 Å². The summed E-state index contributed by atoms with van der Waals surface area (Å²) in [6, 6.07) is 9.86. The predicted octanol–water partition coefficient (Wildman–Crippen LogP) is 6.25. The van der Waals surface area contributed by atoms with E-state index in [9.17, 15) is 14.5 Å². The third-order valence-corrected chi connectivity index (χ3v) is 9.90. The minimum atomic E-state index is -0.638. The Kier molecular flexibility index (Phi) is 7.72. The van der Waals surface area contributed by atoms with Crippen molar-refractivity contribution in [2.24, 2.45) is 5.18 Å². The first kappa shape index (κ1) is 30.3. The molecule has 0 aliphatic carbocycles. The highest BCUT2D eigenvalue weighted by atomic mass is 19.1. The summed E-state index contributed by atoms with van der Waals surface area (Å²) in [5.41, 5.74) is 3.16. The van der Waals surface area contributed by atoms with E-state index >= 15 is 4.39 Å². The molecule has 0 bridgehead atoms. The molecular weight excluding hydrogens is 617 g/mol. The lowest BCUT2D eigenvalue weighted by atomic mass is 10.1. The van der Waals surface area contributed by atoms with Crippen molar-refractivity contribution in [2.45, 2.75) is 38.1 Å². The van der Waals surface area contributed by atoms with Gasteiger partial charge in [-0.25, -0.2) is 4.39 Å². The molecule has 1 amide bonds. The van der Waals surface area contributed by atoms with Gasteiger partial charge in [0.25, 0.3) is 5.91 Å². The lowest BCUT2D eigenvalue weighted by Crippen LogP contribution is -2.34. The van der Waals surface area contributed by atoms with Crippen LogP contribution >= 0.6 is 0 Å². The largest absolute Gasteiger partial charge is 0.453 e.